The Morgan fingerprint density at radius 3 is 2.50 bits per heavy atom. The molecule has 0 saturated carbocycles. The van der Waals surface area contributed by atoms with E-state index < -0.39 is 11.1 Å². The Bertz CT molecular complexity index is 230. The van der Waals surface area contributed by atoms with Gasteiger partial charge in [-0.1, -0.05) is 6.92 Å². The van der Waals surface area contributed by atoms with Crippen LogP contribution in [0.1, 0.15) is 32.6 Å². The first-order valence-electron chi connectivity index (χ1n) is 6.54. The summed E-state index contributed by atoms with van der Waals surface area (Å²) in [7, 11) is 0. The van der Waals surface area contributed by atoms with E-state index in [0.717, 1.165) is 58.4 Å². The Morgan fingerprint density at radius 1 is 1.31 bits per heavy atom. The van der Waals surface area contributed by atoms with E-state index in [1.807, 2.05) is 0 Å². The number of rotatable bonds is 2. The van der Waals surface area contributed by atoms with Crippen molar-refractivity contribution in [2.75, 3.05) is 32.7 Å². The lowest BCUT2D eigenvalue weighted by atomic mass is 9.70. The van der Waals surface area contributed by atoms with Gasteiger partial charge in [0.25, 0.3) is 0 Å². The number of nitrogens with zero attached hydrogens (tertiary/aromatic N) is 1. The van der Waals surface area contributed by atoms with Crippen LogP contribution in [0.3, 0.4) is 0 Å². The Kier molecular flexibility index (Phi) is 3.54. The first-order valence-corrected chi connectivity index (χ1v) is 6.54. The number of piperidine rings is 2. The highest BCUT2D eigenvalue weighted by molar-refractivity contribution is 5.08. The average Bonchev–Trinajstić information content (AvgIpc) is 2.31. The predicted octanol–water partition coefficient (Wildman–Crippen LogP) is -0.0859. The highest BCUT2D eigenvalue weighted by Gasteiger charge is 2.49. The fourth-order valence-electron chi connectivity index (χ4n) is 3.06. The van der Waals surface area contributed by atoms with E-state index in [1.54, 1.807) is 0 Å². The van der Waals surface area contributed by atoms with Crippen LogP contribution in [0.15, 0.2) is 0 Å². The van der Waals surface area contributed by atoms with Crippen molar-refractivity contribution in [2.45, 2.75) is 43.7 Å². The maximum Gasteiger partial charge on any atom is 0.0863 e. The highest BCUT2D eigenvalue weighted by Crippen LogP contribution is 2.35. The minimum absolute atomic E-state index is 0.412. The van der Waals surface area contributed by atoms with Crippen LogP contribution in [-0.2, 0) is 0 Å². The second-order valence-corrected chi connectivity index (χ2v) is 5.40. The van der Waals surface area contributed by atoms with Crippen molar-refractivity contribution in [2.24, 2.45) is 5.73 Å². The first-order chi connectivity index (χ1) is 7.60. The summed E-state index contributed by atoms with van der Waals surface area (Å²) in [5, 5.41) is 14.1. The molecule has 4 nitrogen and oxygen atoms in total. The lowest BCUT2D eigenvalue weighted by Gasteiger charge is -2.50. The minimum atomic E-state index is -0.661. The fraction of sp³-hybridized carbons (Fsp3) is 1.00. The summed E-state index contributed by atoms with van der Waals surface area (Å²) in [6, 6.07) is 0. The summed E-state index contributed by atoms with van der Waals surface area (Å²) in [6.45, 7) is 7.00. The van der Waals surface area contributed by atoms with Crippen molar-refractivity contribution < 1.29 is 5.11 Å². The summed E-state index contributed by atoms with van der Waals surface area (Å²) in [4.78, 5) is 2.38. The number of hydrogen-bond acceptors (Lipinski definition) is 4. The second-order valence-electron chi connectivity index (χ2n) is 5.40. The van der Waals surface area contributed by atoms with Gasteiger partial charge in [-0.3, -0.25) is 0 Å². The summed E-state index contributed by atoms with van der Waals surface area (Å²) < 4.78 is 0. The third-order valence-electron chi connectivity index (χ3n) is 4.47. The van der Waals surface area contributed by atoms with Gasteiger partial charge >= 0.3 is 0 Å². The molecule has 0 aromatic heterocycles. The van der Waals surface area contributed by atoms with Gasteiger partial charge in [-0.25, -0.2) is 0 Å². The largest absolute Gasteiger partial charge is 0.388 e. The molecule has 2 saturated heterocycles. The number of nitrogens with one attached hydrogen (secondary N) is 1. The lowest BCUT2D eigenvalue weighted by Crippen LogP contribution is -2.69. The Labute approximate surface area is 98.2 Å². The molecule has 2 heterocycles. The minimum Gasteiger partial charge on any atom is -0.388 e. The van der Waals surface area contributed by atoms with Crippen LogP contribution in [0.5, 0.6) is 0 Å². The van der Waals surface area contributed by atoms with Gasteiger partial charge in [0.15, 0.2) is 0 Å². The molecule has 4 heteroatoms. The van der Waals surface area contributed by atoms with Crippen LogP contribution in [-0.4, -0.2) is 53.9 Å². The van der Waals surface area contributed by atoms with Crippen LogP contribution in [0.2, 0.25) is 0 Å². The maximum absolute atomic E-state index is 10.8. The van der Waals surface area contributed by atoms with Crippen molar-refractivity contribution in [3.05, 3.63) is 0 Å². The molecular weight excluding hydrogens is 202 g/mol. The van der Waals surface area contributed by atoms with Crippen LogP contribution in [0.4, 0.5) is 0 Å². The quantitative estimate of drug-likeness (QED) is 0.617. The molecule has 0 bridgehead atoms. The number of likely N-dealkylation sites (tertiary alicyclic amines) is 1. The van der Waals surface area contributed by atoms with Crippen LogP contribution in [0.25, 0.3) is 0 Å². The van der Waals surface area contributed by atoms with Gasteiger partial charge in [0, 0.05) is 19.6 Å². The summed E-state index contributed by atoms with van der Waals surface area (Å²) in [5.41, 5.74) is 5.35. The van der Waals surface area contributed by atoms with Gasteiger partial charge in [-0.15, -0.1) is 0 Å². The SMILES string of the molecule is CCN1CCC(O)(C2(N)CCCNC2)CC1. The van der Waals surface area contributed by atoms with Crippen molar-refractivity contribution in [1.29, 1.82) is 0 Å². The van der Waals surface area contributed by atoms with Gasteiger partial charge in [0.05, 0.1) is 11.1 Å². The van der Waals surface area contributed by atoms with E-state index in [2.05, 4.69) is 17.1 Å². The standard InChI is InChI=1S/C12H25N3O/c1-2-15-8-5-12(16,6-9-15)11(13)4-3-7-14-10-11/h14,16H,2-10,13H2,1H3. The third-order valence-corrected chi connectivity index (χ3v) is 4.47. The van der Waals surface area contributed by atoms with E-state index >= 15 is 0 Å². The van der Waals surface area contributed by atoms with Gasteiger partial charge < -0.3 is 21.1 Å². The first kappa shape index (κ1) is 12.3. The highest BCUT2D eigenvalue weighted by atomic mass is 16.3. The van der Waals surface area contributed by atoms with Gasteiger partial charge in [-0.05, 0) is 38.8 Å². The van der Waals surface area contributed by atoms with Gasteiger partial charge in [-0.2, -0.15) is 0 Å². The van der Waals surface area contributed by atoms with Gasteiger partial charge in [0.2, 0.25) is 0 Å². The molecule has 0 aliphatic carbocycles. The molecule has 0 radical (unpaired) electrons. The van der Waals surface area contributed by atoms with Crippen molar-refractivity contribution in [3.63, 3.8) is 0 Å². The van der Waals surface area contributed by atoms with E-state index in [-0.39, 0.29) is 0 Å². The van der Waals surface area contributed by atoms with Crippen LogP contribution < -0.4 is 11.1 Å². The van der Waals surface area contributed by atoms with Crippen molar-refractivity contribution in [3.8, 4) is 0 Å². The van der Waals surface area contributed by atoms with Gasteiger partial charge in [0.1, 0.15) is 0 Å². The van der Waals surface area contributed by atoms with Crippen molar-refractivity contribution >= 4 is 0 Å². The third kappa shape index (κ3) is 2.12. The average molecular weight is 227 g/mol. The Morgan fingerprint density at radius 2 is 2.00 bits per heavy atom. The van der Waals surface area contributed by atoms with Crippen LogP contribution >= 0.6 is 0 Å². The molecule has 0 aromatic rings. The molecule has 16 heavy (non-hydrogen) atoms. The Hall–Kier alpha value is -0.160. The smallest absolute Gasteiger partial charge is 0.0863 e. The normalized spacial score (nSPS) is 36.2. The molecule has 2 aliphatic heterocycles. The van der Waals surface area contributed by atoms with E-state index in [0.29, 0.717) is 0 Å². The molecule has 94 valence electrons. The summed E-state index contributed by atoms with van der Waals surface area (Å²) in [5.74, 6) is 0. The molecule has 2 rings (SSSR count). The molecule has 0 spiro atoms. The molecule has 4 N–H and O–H groups in total. The van der Waals surface area contributed by atoms with E-state index in [1.165, 1.54) is 0 Å². The van der Waals surface area contributed by atoms with E-state index in [9.17, 15) is 5.11 Å². The molecule has 0 aromatic carbocycles. The summed E-state index contributed by atoms with van der Waals surface area (Å²) in [6.07, 6.45) is 3.66. The monoisotopic (exact) mass is 227 g/mol. The topological polar surface area (TPSA) is 61.5 Å². The molecule has 1 atom stereocenters. The zero-order chi connectivity index (χ0) is 11.6. The zero-order valence-corrected chi connectivity index (χ0v) is 10.3. The maximum atomic E-state index is 10.8. The predicted molar refractivity (Wildman–Crippen MR) is 65.3 cm³/mol. The van der Waals surface area contributed by atoms with Crippen LogP contribution in [0, 0.1) is 0 Å². The fourth-order valence-corrected chi connectivity index (χ4v) is 3.06. The molecule has 2 aliphatic rings. The summed E-state index contributed by atoms with van der Waals surface area (Å²) >= 11 is 0. The van der Waals surface area contributed by atoms with Crippen molar-refractivity contribution in [1.82, 2.24) is 10.2 Å². The lowest BCUT2D eigenvalue weighted by molar-refractivity contribution is -0.0865. The molecule has 2 fully saturated rings. The molecule has 0 amide bonds. The molecular formula is C12H25N3O. The number of hydrogen-bond donors (Lipinski definition) is 3. The number of nitrogens with two attached hydrogens (primary N) is 1. The molecule has 1 unspecified atom stereocenters. The van der Waals surface area contributed by atoms with E-state index in [4.69, 9.17) is 5.73 Å². The Balaban J connectivity index is 2.01. The zero-order valence-electron chi connectivity index (χ0n) is 10.3. The number of aliphatic hydroxyl groups is 1. The second kappa shape index (κ2) is 4.61.